The highest BCUT2D eigenvalue weighted by Gasteiger charge is 2.49. The van der Waals surface area contributed by atoms with E-state index in [0.717, 1.165) is 41.9 Å². The Bertz CT molecular complexity index is 467. The minimum Gasteiger partial charge on any atom is -0.494 e. The van der Waals surface area contributed by atoms with E-state index < -0.39 is 0 Å². The SMILES string of the molecule is CCOc1ccc(C(N)C2C3CC4CC(C3)CC2C4)cc1. The van der Waals surface area contributed by atoms with E-state index in [0.29, 0.717) is 0 Å². The average molecular weight is 285 g/mol. The number of hydrogen-bond acceptors (Lipinski definition) is 2. The van der Waals surface area contributed by atoms with Crippen LogP contribution in [0.15, 0.2) is 24.3 Å². The van der Waals surface area contributed by atoms with E-state index in [4.69, 9.17) is 10.5 Å². The van der Waals surface area contributed by atoms with Gasteiger partial charge in [-0.1, -0.05) is 12.1 Å². The molecule has 0 amide bonds. The number of ether oxygens (including phenoxy) is 1. The second-order valence-electron chi connectivity index (χ2n) is 7.54. The van der Waals surface area contributed by atoms with Crippen LogP contribution in [0.2, 0.25) is 0 Å². The largest absolute Gasteiger partial charge is 0.494 e. The Labute approximate surface area is 128 Å². The van der Waals surface area contributed by atoms with E-state index in [-0.39, 0.29) is 6.04 Å². The Morgan fingerprint density at radius 3 is 2.10 bits per heavy atom. The van der Waals surface area contributed by atoms with Crippen molar-refractivity contribution in [3.05, 3.63) is 29.8 Å². The Hall–Kier alpha value is -1.02. The molecule has 0 radical (unpaired) electrons. The molecule has 0 saturated heterocycles. The fourth-order valence-corrected chi connectivity index (χ4v) is 5.73. The maximum absolute atomic E-state index is 6.70. The third-order valence-electron chi connectivity index (χ3n) is 6.29. The zero-order valence-electron chi connectivity index (χ0n) is 13.0. The van der Waals surface area contributed by atoms with E-state index in [1.807, 2.05) is 6.92 Å². The highest BCUT2D eigenvalue weighted by Crippen LogP contribution is 2.58. The van der Waals surface area contributed by atoms with Crippen molar-refractivity contribution in [3.63, 3.8) is 0 Å². The molecule has 114 valence electrons. The molecule has 0 spiro atoms. The van der Waals surface area contributed by atoms with Gasteiger partial charge in [0.2, 0.25) is 0 Å². The summed E-state index contributed by atoms with van der Waals surface area (Å²) in [6.45, 7) is 2.75. The van der Waals surface area contributed by atoms with Crippen LogP contribution in [0.3, 0.4) is 0 Å². The van der Waals surface area contributed by atoms with Crippen molar-refractivity contribution in [1.82, 2.24) is 0 Å². The molecule has 21 heavy (non-hydrogen) atoms. The topological polar surface area (TPSA) is 35.2 Å². The molecular weight excluding hydrogens is 258 g/mol. The van der Waals surface area contributed by atoms with Gasteiger partial charge in [-0.25, -0.2) is 0 Å². The summed E-state index contributed by atoms with van der Waals surface area (Å²) in [5.41, 5.74) is 8.01. The van der Waals surface area contributed by atoms with E-state index in [1.165, 1.54) is 37.7 Å². The van der Waals surface area contributed by atoms with Gasteiger partial charge in [-0.15, -0.1) is 0 Å². The van der Waals surface area contributed by atoms with Crippen LogP contribution in [0.1, 0.15) is 50.6 Å². The van der Waals surface area contributed by atoms with E-state index >= 15 is 0 Å². The summed E-state index contributed by atoms with van der Waals surface area (Å²) < 4.78 is 5.54. The van der Waals surface area contributed by atoms with Gasteiger partial charge in [0.25, 0.3) is 0 Å². The predicted octanol–water partition coefficient (Wildman–Crippen LogP) is 4.16. The first-order chi connectivity index (χ1) is 10.2. The summed E-state index contributed by atoms with van der Waals surface area (Å²) >= 11 is 0. The molecule has 2 N–H and O–H groups in total. The molecule has 1 aromatic carbocycles. The van der Waals surface area contributed by atoms with Gasteiger partial charge in [0.05, 0.1) is 6.61 Å². The second kappa shape index (κ2) is 5.31. The smallest absolute Gasteiger partial charge is 0.119 e. The maximum atomic E-state index is 6.70. The van der Waals surface area contributed by atoms with Crippen molar-refractivity contribution in [2.45, 2.75) is 45.1 Å². The lowest BCUT2D eigenvalue weighted by Gasteiger charge is -2.56. The van der Waals surface area contributed by atoms with Crippen LogP contribution in [-0.4, -0.2) is 6.61 Å². The zero-order chi connectivity index (χ0) is 14.4. The summed E-state index contributed by atoms with van der Waals surface area (Å²) in [5, 5.41) is 0. The first-order valence-electron chi connectivity index (χ1n) is 8.73. The lowest BCUT2D eigenvalue weighted by Crippen LogP contribution is -2.48. The summed E-state index contributed by atoms with van der Waals surface area (Å²) in [7, 11) is 0. The van der Waals surface area contributed by atoms with E-state index in [9.17, 15) is 0 Å². The quantitative estimate of drug-likeness (QED) is 0.901. The van der Waals surface area contributed by atoms with Crippen LogP contribution < -0.4 is 10.5 Å². The molecule has 2 heteroatoms. The number of hydrogen-bond donors (Lipinski definition) is 1. The number of rotatable bonds is 4. The van der Waals surface area contributed by atoms with Gasteiger partial charge in [0.1, 0.15) is 5.75 Å². The third kappa shape index (κ3) is 2.38. The summed E-state index contributed by atoms with van der Waals surface area (Å²) in [5.74, 6) is 5.51. The molecule has 1 unspecified atom stereocenters. The zero-order valence-corrected chi connectivity index (χ0v) is 13.0. The van der Waals surface area contributed by atoms with Gasteiger partial charge in [0, 0.05) is 6.04 Å². The van der Waals surface area contributed by atoms with Crippen molar-refractivity contribution in [2.75, 3.05) is 6.61 Å². The maximum Gasteiger partial charge on any atom is 0.119 e. The first kappa shape index (κ1) is 13.6. The van der Waals surface area contributed by atoms with Gasteiger partial charge in [0.15, 0.2) is 0 Å². The molecule has 5 rings (SSSR count). The molecule has 4 saturated carbocycles. The summed E-state index contributed by atoms with van der Waals surface area (Å²) in [6.07, 6.45) is 7.30. The molecule has 4 bridgehead atoms. The molecule has 0 heterocycles. The van der Waals surface area contributed by atoms with Crippen molar-refractivity contribution < 1.29 is 4.74 Å². The Kier molecular flexibility index (Phi) is 3.45. The molecule has 0 aromatic heterocycles. The van der Waals surface area contributed by atoms with Crippen LogP contribution in [-0.2, 0) is 0 Å². The van der Waals surface area contributed by atoms with Crippen LogP contribution in [0.25, 0.3) is 0 Å². The second-order valence-corrected chi connectivity index (χ2v) is 7.54. The monoisotopic (exact) mass is 285 g/mol. The summed E-state index contributed by atoms with van der Waals surface area (Å²) in [4.78, 5) is 0. The first-order valence-corrected chi connectivity index (χ1v) is 8.73. The van der Waals surface area contributed by atoms with Crippen LogP contribution in [0, 0.1) is 29.6 Å². The molecule has 4 aliphatic carbocycles. The van der Waals surface area contributed by atoms with Crippen LogP contribution >= 0.6 is 0 Å². The van der Waals surface area contributed by atoms with Gasteiger partial charge in [-0.3, -0.25) is 0 Å². The fourth-order valence-electron chi connectivity index (χ4n) is 5.73. The third-order valence-corrected chi connectivity index (χ3v) is 6.29. The minimum atomic E-state index is 0.218. The van der Waals surface area contributed by atoms with Gasteiger partial charge >= 0.3 is 0 Å². The lowest BCUT2D eigenvalue weighted by atomic mass is 9.50. The predicted molar refractivity (Wildman–Crippen MR) is 85.1 cm³/mol. The van der Waals surface area contributed by atoms with E-state index in [2.05, 4.69) is 24.3 Å². The normalized spacial score (nSPS) is 38.5. The van der Waals surface area contributed by atoms with Gasteiger partial charge in [-0.05, 0) is 86.3 Å². The highest BCUT2D eigenvalue weighted by molar-refractivity contribution is 5.30. The van der Waals surface area contributed by atoms with Crippen molar-refractivity contribution in [1.29, 1.82) is 0 Å². The average Bonchev–Trinajstić information content (AvgIpc) is 2.47. The summed E-state index contributed by atoms with van der Waals surface area (Å²) in [6, 6.07) is 8.74. The van der Waals surface area contributed by atoms with Gasteiger partial charge < -0.3 is 10.5 Å². The molecule has 1 atom stereocenters. The molecule has 4 aliphatic rings. The minimum absolute atomic E-state index is 0.218. The Balaban J connectivity index is 1.53. The molecular formula is C19H27NO. The lowest BCUT2D eigenvalue weighted by molar-refractivity contribution is -0.0471. The Morgan fingerprint density at radius 2 is 1.57 bits per heavy atom. The Morgan fingerprint density at radius 1 is 1.00 bits per heavy atom. The van der Waals surface area contributed by atoms with Crippen LogP contribution in [0.5, 0.6) is 5.75 Å². The van der Waals surface area contributed by atoms with Crippen molar-refractivity contribution in [3.8, 4) is 5.75 Å². The molecule has 4 fully saturated rings. The highest BCUT2D eigenvalue weighted by atomic mass is 16.5. The number of nitrogens with two attached hydrogens (primary N) is 1. The van der Waals surface area contributed by atoms with E-state index in [1.54, 1.807) is 0 Å². The van der Waals surface area contributed by atoms with Gasteiger partial charge in [-0.2, -0.15) is 0 Å². The molecule has 0 aliphatic heterocycles. The molecule has 1 aromatic rings. The fraction of sp³-hybridized carbons (Fsp3) is 0.684. The van der Waals surface area contributed by atoms with Crippen LogP contribution in [0.4, 0.5) is 0 Å². The molecule has 2 nitrogen and oxygen atoms in total. The standard InChI is InChI=1S/C19H27NO/c1-2-21-17-5-3-14(4-6-17)19(20)18-15-8-12-7-13(10-15)11-16(18)9-12/h3-6,12-13,15-16,18-19H,2,7-11,20H2,1H3. The van der Waals surface area contributed by atoms with Crippen molar-refractivity contribution in [2.24, 2.45) is 35.3 Å². The van der Waals surface area contributed by atoms with Crippen molar-refractivity contribution >= 4 is 0 Å². The number of benzene rings is 1.